The molecule has 0 aromatic carbocycles. The van der Waals surface area contributed by atoms with Gasteiger partial charge in [0.15, 0.2) is 0 Å². The highest BCUT2D eigenvalue weighted by Crippen LogP contribution is 2.10. The van der Waals surface area contributed by atoms with E-state index in [0.29, 0.717) is 12.8 Å². The zero-order valence-electron chi connectivity index (χ0n) is 10.6. The summed E-state index contributed by atoms with van der Waals surface area (Å²) in [4.78, 5) is 23.0. The lowest BCUT2D eigenvalue weighted by Gasteiger charge is -2.25. The molecule has 0 atom stereocenters. The summed E-state index contributed by atoms with van der Waals surface area (Å²) in [6, 6.07) is 0.0735. The minimum Gasteiger partial charge on any atom is -0.352 e. The fraction of sp³-hybridized carbons (Fsp3) is 0.818. The summed E-state index contributed by atoms with van der Waals surface area (Å²) in [6.07, 6.45) is 1.11. The fourth-order valence-electron chi connectivity index (χ4n) is 1.28. The average Bonchev–Trinajstić information content (AvgIpc) is 2.23. The molecule has 0 aliphatic heterocycles. The van der Waals surface area contributed by atoms with E-state index >= 15 is 0 Å². The van der Waals surface area contributed by atoms with Crippen LogP contribution >= 0.6 is 0 Å². The molecule has 0 aromatic rings. The van der Waals surface area contributed by atoms with Gasteiger partial charge in [0.05, 0.1) is 12.1 Å². The minimum absolute atomic E-state index is 0.0179. The Morgan fingerprint density at radius 3 is 2.12 bits per heavy atom. The molecular weight excluding hydrogens is 206 g/mol. The number of hydrogen-bond donors (Lipinski definition) is 3. The fourth-order valence-corrected chi connectivity index (χ4v) is 1.28. The largest absolute Gasteiger partial charge is 0.352 e. The van der Waals surface area contributed by atoms with Crippen LogP contribution in [0.5, 0.6) is 0 Å². The summed E-state index contributed by atoms with van der Waals surface area (Å²) < 4.78 is 0. The molecule has 16 heavy (non-hydrogen) atoms. The van der Waals surface area contributed by atoms with E-state index < -0.39 is 5.54 Å². The number of hydrogen-bond acceptors (Lipinski definition) is 3. The van der Waals surface area contributed by atoms with Crippen molar-refractivity contribution in [3.05, 3.63) is 0 Å². The highest BCUT2D eigenvalue weighted by molar-refractivity contribution is 5.90. The monoisotopic (exact) mass is 229 g/mol. The summed E-state index contributed by atoms with van der Waals surface area (Å²) in [5.41, 5.74) is 5.02. The Balaban J connectivity index is 4.11. The van der Waals surface area contributed by atoms with Gasteiger partial charge in [-0.2, -0.15) is 0 Å². The first-order chi connectivity index (χ1) is 7.35. The van der Waals surface area contributed by atoms with Gasteiger partial charge in [-0.1, -0.05) is 13.8 Å². The number of nitrogens with two attached hydrogens (primary N) is 1. The van der Waals surface area contributed by atoms with E-state index in [9.17, 15) is 9.59 Å². The van der Waals surface area contributed by atoms with Gasteiger partial charge in [-0.15, -0.1) is 0 Å². The molecule has 0 aromatic heterocycles. The Bertz CT molecular complexity index is 248. The van der Waals surface area contributed by atoms with Gasteiger partial charge < -0.3 is 16.4 Å². The van der Waals surface area contributed by atoms with Gasteiger partial charge in [-0.05, 0) is 26.7 Å². The van der Waals surface area contributed by atoms with Gasteiger partial charge >= 0.3 is 0 Å². The van der Waals surface area contributed by atoms with Crippen LogP contribution in [0.25, 0.3) is 0 Å². The lowest BCUT2D eigenvalue weighted by molar-refractivity contribution is -0.129. The van der Waals surface area contributed by atoms with Crippen molar-refractivity contribution in [2.24, 2.45) is 5.73 Å². The summed E-state index contributed by atoms with van der Waals surface area (Å²) in [5, 5.41) is 5.25. The van der Waals surface area contributed by atoms with Crippen LogP contribution in [0.2, 0.25) is 0 Å². The Morgan fingerprint density at radius 1 is 1.25 bits per heavy atom. The summed E-state index contributed by atoms with van der Waals surface area (Å²) in [7, 11) is 0. The average molecular weight is 229 g/mol. The second kappa shape index (κ2) is 6.48. The Kier molecular flexibility index (Phi) is 6.03. The van der Waals surface area contributed by atoms with E-state index in [1.807, 2.05) is 27.7 Å². The number of carbonyl (C=O) groups is 2. The lowest BCUT2D eigenvalue weighted by Crippen LogP contribution is -2.54. The molecule has 0 rings (SSSR count). The third kappa shape index (κ3) is 4.61. The van der Waals surface area contributed by atoms with Crippen molar-refractivity contribution in [3.8, 4) is 0 Å². The third-order valence-corrected chi connectivity index (χ3v) is 2.57. The molecule has 4 N–H and O–H groups in total. The van der Waals surface area contributed by atoms with Crippen LogP contribution in [0.3, 0.4) is 0 Å². The van der Waals surface area contributed by atoms with E-state index in [2.05, 4.69) is 10.6 Å². The van der Waals surface area contributed by atoms with Crippen molar-refractivity contribution in [3.63, 3.8) is 0 Å². The predicted molar refractivity (Wildman–Crippen MR) is 63.8 cm³/mol. The maximum atomic E-state index is 11.7. The molecule has 0 saturated carbocycles. The van der Waals surface area contributed by atoms with E-state index in [4.69, 9.17) is 5.73 Å². The molecule has 0 bridgehead atoms. The van der Waals surface area contributed by atoms with Crippen LogP contribution in [-0.4, -0.2) is 29.9 Å². The van der Waals surface area contributed by atoms with E-state index in [-0.39, 0.29) is 24.4 Å². The minimum atomic E-state index is -0.863. The Morgan fingerprint density at radius 2 is 1.75 bits per heavy atom. The predicted octanol–water partition coefficient (Wildman–Crippen LogP) is 0.145. The molecular formula is C11H23N3O2. The number of carbonyl (C=O) groups excluding carboxylic acids is 2. The lowest BCUT2D eigenvalue weighted by atomic mass is 9.93. The first-order valence-corrected chi connectivity index (χ1v) is 5.72. The molecule has 0 aliphatic rings. The smallest absolute Gasteiger partial charge is 0.240 e. The number of nitrogens with one attached hydrogen (secondary N) is 2. The molecule has 0 aliphatic carbocycles. The van der Waals surface area contributed by atoms with Crippen LogP contribution in [0.15, 0.2) is 0 Å². The van der Waals surface area contributed by atoms with Gasteiger partial charge in [-0.3, -0.25) is 9.59 Å². The zero-order valence-corrected chi connectivity index (χ0v) is 10.6. The molecule has 5 nitrogen and oxygen atoms in total. The Labute approximate surface area is 97.2 Å². The van der Waals surface area contributed by atoms with Crippen LogP contribution < -0.4 is 16.4 Å². The van der Waals surface area contributed by atoms with Gasteiger partial charge in [0.1, 0.15) is 0 Å². The van der Waals surface area contributed by atoms with E-state index in [0.717, 1.165) is 0 Å². The van der Waals surface area contributed by atoms with Crippen molar-refractivity contribution >= 4 is 11.8 Å². The number of amides is 2. The highest BCUT2D eigenvalue weighted by atomic mass is 16.2. The molecule has 0 spiro atoms. The van der Waals surface area contributed by atoms with Crippen LogP contribution in [0, 0.1) is 0 Å². The van der Waals surface area contributed by atoms with Crippen molar-refractivity contribution in [1.29, 1.82) is 0 Å². The van der Waals surface area contributed by atoms with Crippen molar-refractivity contribution in [2.75, 3.05) is 6.54 Å². The molecule has 0 radical (unpaired) electrons. The maximum Gasteiger partial charge on any atom is 0.240 e. The summed E-state index contributed by atoms with van der Waals surface area (Å²) in [6.45, 7) is 7.43. The second-order valence-electron chi connectivity index (χ2n) is 4.27. The molecule has 94 valence electrons. The van der Waals surface area contributed by atoms with Gasteiger partial charge in [0.25, 0.3) is 0 Å². The molecule has 0 saturated heterocycles. The normalized spacial score (nSPS) is 11.4. The topological polar surface area (TPSA) is 84.2 Å². The van der Waals surface area contributed by atoms with Crippen molar-refractivity contribution in [1.82, 2.24) is 10.6 Å². The van der Waals surface area contributed by atoms with E-state index in [1.165, 1.54) is 0 Å². The second-order valence-corrected chi connectivity index (χ2v) is 4.27. The third-order valence-electron chi connectivity index (χ3n) is 2.57. The summed E-state index contributed by atoms with van der Waals surface area (Å²) in [5.74, 6) is -0.464. The van der Waals surface area contributed by atoms with Gasteiger partial charge in [0.2, 0.25) is 11.8 Å². The summed E-state index contributed by atoms with van der Waals surface area (Å²) >= 11 is 0. The van der Waals surface area contributed by atoms with Crippen LogP contribution in [0.1, 0.15) is 40.5 Å². The zero-order chi connectivity index (χ0) is 12.8. The van der Waals surface area contributed by atoms with E-state index in [1.54, 1.807) is 0 Å². The number of rotatable bonds is 6. The molecule has 2 amide bonds. The van der Waals surface area contributed by atoms with Crippen LogP contribution in [-0.2, 0) is 9.59 Å². The molecule has 0 fully saturated rings. The first kappa shape index (κ1) is 14.9. The highest BCUT2D eigenvalue weighted by Gasteiger charge is 2.29. The molecule has 0 unspecified atom stereocenters. The van der Waals surface area contributed by atoms with Gasteiger partial charge in [-0.25, -0.2) is 0 Å². The standard InChI is InChI=1S/C11H23N3O2/c1-5-11(12,6-2)10(16)13-7-9(15)14-8(3)4/h8H,5-7,12H2,1-4H3,(H,13,16)(H,14,15). The molecule has 0 heterocycles. The SMILES string of the molecule is CCC(N)(CC)C(=O)NCC(=O)NC(C)C. The van der Waals surface area contributed by atoms with Crippen molar-refractivity contribution in [2.45, 2.75) is 52.1 Å². The first-order valence-electron chi connectivity index (χ1n) is 5.72. The maximum absolute atomic E-state index is 11.7. The van der Waals surface area contributed by atoms with Crippen molar-refractivity contribution < 1.29 is 9.59 Å². The Hall–Kier alpha value is -1.10. The molecule has 5 heteroatoms. The van der Waals surface area contributed by atoms with Gasteiger partial charge in [0, 0.05) is 6.04 Å². The van der Waals surface area contributed by atoms with Crippen LogP contribution in [0.4, 0.5) is 0 Å². The quantitative estimate of drug-likeness (QED) is 0.606.